The number of unbranched alkanes of at least 4 members (excludes halogenated alkanes) is 43. The standard InChI is InChI=1S/C72H130O5/c1-3-5-7-9-11-13-15-17-19-21-23-25-27-29-30-31-32-33-34-35-36-37-38-39-40-41-43-44-46-48-50-52-54-56-58-60-62-64-66-71(74)76-69-70(68-73)77-72(75)67-65-63-61-59-57-55-53-51-49-47-45-42-28-26-24-22-20-18-16-14-12-10-8-6-4-2/h6,8,12,14,18,20,24,26,42,45,49,51,70,73H,3-5,7,9-11,13,15-17,19,21-23,25,27-41,43-44,46-48,50,52-69H2,1-2H3/b8-6-,14-12-,20-18-,26-24-,45-42-,51-49-. The maximum absolute atomic E-state index is 12.3. The van der Waals surface area contributed by atoms with Crippen LogP contribution in [-0.2, 0) is 19.1 Å². The van der Waals surface area contributed by atoms with Crippen LogP contribution < -0.4 is 0 Å². The first-order valence-electron chi connectivity index (χ1n) is 34.0. The second-order valence-corrected chi connectivity index (χ2v) is 22.9. The Labute approximate surface area is 480 Å². The van der Waals surface area contributed by atoms with E-state index in [1.165, 1.54) is 244 Å². The normalized spacial score (nSPS) is 12.6. The molecule has 0 aliphatic heterocycles. The topological polar surface area (TPSA) is 72.8 Å². The number of carbonyl (C=O) groups is 2. The van der Waals surface area contributed by atoms with Gasteiger partial charge in [-0.3, -0.25) is 9.59 Å². The molecule has 0 heterocycles. The van der Waals surface area contributed by atoms with E-state index in [0.29, 0.717) is 12.8 Å². The molecule has 448 valence electrons. The monoisotopic (exact) mass is 1070 g/mol. The van der Waals surface area contributed by atoms with Crippen LogP contribution in [0.5, 0.6) is 0 Å². The summed E-state index contributed by atoms with van der Waals surface area (Å²) < 4.78 is 10.7. The van der Waals surface area contributed by atoms with Crippen LogP contribution in [0.15, 0.2) is 72.9 Å². The lowest BCUT2D eigenvalue weighted by molar-refractivity contribution is -0.161. The molecule has 0 aliphatic carbocycles. The van der Waals surface area contributed by atoms with Gasteiger partial charge in [0.2, 0.25) is 0 Å². The minimum absolute atomic E-state index is 0.0719. The molecule has 0 aromatic heterocycles. The Bertz CT molecular complexity index is 1360. The first-order valence-corrected chi connectivity index (χ1v) is 34.0. The Hall–Kier alpha value is -2.66. The second kappa shape index (κ2) is 67.6. The zero-order chi connectivity index (χ0) is 55.5. The lowest BCUT2D eigenvalue weighted by Gasteiger charge is -2.15. The van der Waals surface area contributed by atoms with Crippen LogP contribution in [0.25, 0.3) is 0 Å². The highest BCUT2D eigenvalue weighted by Crippen LogP contribution is 2.19. The summed E-state index contributed by atoms with van der Waals surface area (Å²) in [4.78, 5) is 24.6. The van der Waals surface area contributed by atoms with Crippen LogP contribution in [0.3, 0.4) is 0 Å². The fraction of sp³-hybridized carbons (Fsp3) is 0.806. The average Bonchev–Trinajstić information content (AvgIpc) is 3.43. The Morgan fingerprint density at radius 1 is 0.312 bits per heavy atom. The van der Waals surface area contributed by atoms with Crippen LogP contribution >= 0.6 is 0 Å². The van der Waals surface area contributed by atoms with E-state index in [1.54, 1.807) is 0 Å². The van der Waals surface area contributed by atoms with E-state index in [2.05, 4.69) is 86.8 Å². The van der Waals surface area contributed by atoms with Gasteiger partial charge in [0.05, 0.1) is 6.61 Å². The molecule has 0 bridgehead atoms. The predicted octanol–water partition coefficient (Wildman–Crippen LogP) is 23.5. The second-order valence-electron chi connectivity index (χ2n) is 22.9. The van der Waals surface area contributed by atoms with Gasteiger partial charge in [-0.25, -0.2) is 0 Å². The molecule has 1 N–H and O–H groups in total. The fourth-order valence-corrected chi connectivity index (χ4v) is 10.2. The molecule has 0 saturated heterocycles. The summed E-state index contributed by atoms with van der Waals surface area (Å²) in [5, 5.41) is 9.68. The van der Waals surface area contributed by atoms with E-state index in [1.807, 2.05) is 0 Å². The van der Waals surface area contributed by atoms with Crippen molar-refractivity contribution < 1.29 is 24.2 Å². The Morgan fingerprint density at radius 2 is 0.558 bits per heavy atom. The zero-order valence-corrected chi connectivity index (χ0v) is 51.5. The Morgan fingerprint density at radius 3 is 0.844 bits per heavy atom. The highest BCUT2D eigenvalue weighted by Gasteiger charge is 2.16. The minimum atomic E-state index is -0.784. The Kier molecular flexibility index (Phi) is 65.3. The molecule has 5 nitrogen and oxygen atoms in total. The van der Waals surface area contributed by atoms with Crippen molar-refractivity contribution in [2.45, 2.75) is 360 Å². The van der Waals surface area contributed by atoms with Crippen molar-refractivity contribution in [3.8, 4) is 0 Å². The van der Waals surface area contributed by atoms with Gasteiger partial charge in [-0.05, 0) is 64.2 Å². The predicted molar refractivity (Wildman–Crippen MR) is 339 cm³/mol. The van der Waals surface area contributed by atoms with Crippen molar-refractivity contribution in [1.29, 1.82) is 0 Å². The number of hydrogen-bond donors (Lipinski definition) is 1. The van der Waals surface area contributed by atoms with Gasteiger partial charge < -0.3 is 14.6 Å². The third-order valence-electron chi connectivity index (χ3n) is 15.3. The van der Waals surface area contributed by atoms with E-state index in [4.69, 9.17) is 9.47 Å². The summed E-state index contributed by atoms with van der Waals surface area (Å²) in [6.07, 6.45) is 93.7. The summed E-state index contributed by atoms with van der Waals surface area (Å²) in [6.45, 7) is 4.06. The van der Waals surface area contributed by atoms with Crippen molar-refractivity contribution in [2.24, 2.45) is 0 Å². The number of carbonyl (C=O) groups excluding carboxylic acids is 2. The van der Waals surface area contributed by atoms with Crippen molar-refractivity contribution in [2.75, 3.05) is 13.2 Å². The molecule has 0 aromatic rings. The maximum atomic E-state index is 12.3. The Balaban J connectivity index is 3.42. The maximum Gasteiger partial charge on any atom is 0.306 e. The summed E-state index contributed by atoms with van der Waals surface area (Å²) >= 11 is 0. The van der Waals surface area contributed by atoms with Gasteiger partial charge in [0.1, 0.15) is 6.61 Å². The van der Waals surface area contributed by atoms with Crippen LogP contribution in [0, 0.1) is 0 Å². The van der Waals surface area contributed by atoms with Crippen molar-refractivity contribution >= 4 is 11.9 Å². The van der Waals surface area contributed by atoms with Gasteiger partial charge in [-0.15, -0.1) is 0 Å². The lowest BCUT2D eigenvalue weighted by Crippen LogP contribution is -2.28. The van der Waals surface area contributed by atoms with E-state index in [9.17, 15) is 14.7 Å². The number of aliphatic hydroxyl groups is 1. The molecule has 0 amide bonds. The van der Waals surface area contributed by atoms with Crippen LogP contribution in [-0.4, -0.2) is 36.4 Å². The van der Waals surface area contributed by atoms with Crippen LogP contribution in [0.2, 0.25) is 0 Å². The summed E-state index contributed by atoms with van der Waals surface area (Å²) in [5.41, 5.74) is 0. The number of aliphatic hydroxyl groups excluding tert-OH is 1. The van der Waals surface area contributed by atoms with Crippen molar-refractivity contribution in [1.82, 2.24) is 0 Å². The molecular formula is C72H130O5. The summed E-state index contributed by atoms with van der Waals surface area (Å²) in [6, 6.07) is 0. The van der Waals surface area contributed by atoms with E-state index in [-0.39, 0.29) is 25.2 Å². The molecule has 0 aromatic carbocycles. The summed E-state index contributed by atoms with van der Waals surface area (Å²) in [7, 11) is 0. The van der Waals surface area contributed by atoms with Crippen molar-refractivity contribution in [3.63, 3.8) is 0 Å². The molecule has 0 aliphatic rings. The van der Waals surface area contributed by atoms with Crippen LogP contribution in [0.4, 0.5) is 0 Å². The van der Waals surface area contributed by atoms with Gasteiger partial charge in [0.25, 0.3) is 0 Å². The third kappa shape index (κ3) is 65.8. The van der Waals surface area contributed by atoms with E-state index in [0.717, 1.165) is 83.5 Å². The van der Waals surface area contributed by atoms with Crippen LogP contribution in [0.1, 0.15) is 354 Å². The summed E-state index contributed by atoms with van der Waals surface area (Å²) in [5.74, 6) is -0.596. The molecule has 1 unspecified atom stereocenters. The quantitative estimate of drug-likeness (QED) is 0.0373. The van der Waals surface area contributed by atoms with E-state index >= 15 is 0 Å². The highest BCUT2D eigenvalue weighted by molar-refractivity contribution is 5.70. The number of allylic oxidation sites excluding steroid dienone is 12. The molecule has 1 atom stereocenters. The third-order valence-corrected chi connectivity index (χ3v) is 15.3. The molecule has 77 heavy (non-hydrogen) atoms. The number of hydrogen-bond acceptors (Lipinski definition) is 5. The molecule has 0 radical (unpaired) electrons. The van der Waals surface area contributed by atoms with Crippen molar-refractivity contribution in [3.05, 3.63) is 72.9 Å². The van der Waals surface area contributed by atoms with Gasteiger partial charge in [-0.1, -0.05) is 350 Å². The number of rotatable bonds is 63. The molecule has 0 fully saturated rings. The van der Waals surface area contributed by atoms with Gasteiger partial charge in [0.15, 0.2) is 6.10 Å². The average molecular weight is 1080 g/mol. The molecule has 0 rings (SSSR count). The minimum Gasteiger partial charge on any atom is -0.462 e. The lowest BCUT2D eigenvalue weighted by atomic mass is 10.0. The molecule has 5 heteroatoms. The molecule has 0 spiro atoms. The SMILES string of the molecule is CC/C=C\C/C=C\C/C=C\C/C=C\C/C=C\C/C=C\CCCCCCCCC(=O)OC(CO)COC(=O)CCCCCCCCCCCCCCCCCCCCCCCCCCCCCCCCCCCCCCCC. The smallest absolute Gasteiger partial charge is 0.306 e. The first kappa shape index (κ1) is 74.3. The number of ether oxygens (including phenoxy) is 2. The van der Waals surface area contributed by atoms with Gasteiger partial charge >= 0.3 is 11.9 Å². The molecular weight excluding hydrogens is 945 g/mol. The molecule has 0 saturated carbocycles. The fourth-order valence-electron chi connectivity index (χ4n) is 10.2. The van der Waals surface area contributed by atoms with Gasteiger partial charge in [0, 0.05) is 12.8 Å². The number of esters is 2. The first-order chi connectivity index (χ1) is 38.1. The van der Waals surface area contributed by atoms with E-state index < -0.39 is 6.10 Å². The van der Waals surface area contributed by atoms with Gasteiger partial charge in [-0.2, -0.15) is 0 Å². The largest absolute Gasteiger partial charge is 0.462 e. The highest BCUT2D eigenvalue weighted by atomic mass is 16.6. The zero-order valence-electron chi connectivity index (χ0n) is 51.5.